The monoisotopic (exact) mass is 232 g/mol. The van der Waals surface area contributed by atoms with Crippen molar-refractivity contribution in [2.24, 2.45) is 5.73 Å². The minimum absolute atomic E-state index is 0.153. The molecule has 5 heteroatoms. The predicted octanol–water partition coefficient (Wildman–Crippen LogP) is 2.27. The van der Waals surface area contributed by atoms with Crippen LogP contribution in [-0.2, 0) is 6.18 Å². The summed E-state index contributed by atoms with van der Waals surface area (Å²) in [7, 11) is 3.43. The average molecular weight is 232 g/mol. The number of hydrogen-bond acceptors (Lipinski definition) is 2. The minimum atomic E-state index is -4.33. The van der Waals surface area contributed by atoms with Crippen LogP contribution in [0.2, 0.25) is 0 Å². The van der Waals surface area contributed by atoms with Crippen molar-refractivity contribution < 1.29 is 13.2 Å². The number of likely N-dealkylation sites (N-methyl/N-ethyl adjacent to an activating group) is 1. The third-order valence-electron chi connectivity index (χ3n) is 2.47. The molecule has 90 valence electrons. The number of nitrogens with zero attached hydrogens (tertiary/aromatic N) is 1. The number of hydrogen-bond donors (Lipinski definition) is 1. The standard InChI is InChI=1S/C11H15F3N2/c1-16(2)10(7-15)8-5-3-4-6-9(8)11(12,13)14/h3-6,10H,7,15H2,1-2H3. The molecule has 0 aliphatic heterocycles. The van der Waals surface area contributed by atoms with E-state index in [0.717, 1.165) is 6.07 Å². The lowest BCUT2D eigenvalue weighted by atomic mass is 9.99. The van der Waals surface area contributed by atoms with Gasteiger partial charge in [0.25, 0.3) is 0 Å². The van der Waals surface area contributed by atoms with Crippen LogP contribution in [0.25, 0.3) is 0 Å². The fourth-order valence-electron chi connectivity index (χ4n) is 1.66. The molecule has 0 heterocycles. The van der Waals surface area contributed by atoms with Crippen molar-refractivity contribution in [2.75, 3.05) is 20.6 Å². The normalized spacial score (nSPS) is 14.2. The van der Waals surface area contributed by atoms with Gasteiger partial charge in [-0.05, 0) is 25.7 Å². The number of nitrogens with two attached hydrogens (primary N) is 1. The van der Waals surface area contributed by atoms with Gasteiger partial charge in [-0.3, -0.25) is 0 Å². The van der Waals surface area contributed by atoms with Gasteiger partial charge in [0.1, 0.15) is 0 Å². The van der Waals surface area contributed by atoms with E-state index in [2.05, 4.69) is 0 Å². The van der Waals surface area contributed by atoms with E-state index in [1.54, 1.807) is 25.1 Å². The molecule has 16 heavy (non-hydrogen) atoms. The molecule has 0 spiro atoms. The van der Waals surface area contributed by atoms with Gasteiger partial charge in [0.05, 0.1) is 5.56 Å². The van der Waals surface area contributed by atoms with Gasteiger partial charge in [0.15, 0.2) is 0 Å². The molecule has 0 radical (unpaired) electrons. The summed E-state index contributed by atoms with van der Waals surface area (Å²) in [5.74, 6) is 0. The molecule has 2 nitrogen and oxygen atoms in total. The molecule has 0 amide bonds. The van der Waals surface area contributed by atoms with Crippen molar-refractivity contribution in [3.8, 4) is 0 Å². The van der Waals surface area contributed by atoms with Gasteiger partial charge in [0, 0.05) is 12.6 Å². The summed E-state index contributed by atoms with van der Waals surface area (Å²) in [4.78, 5) is 1.69. The summed E-state index contributed by atoms with van der Waals surface area (Å²) >= 11 is 0. The van der Waals surface area contributed by atoms with Crippen LogP contribution in [0.3, 0.4) is 0 Å². The summed E-state index contributed by atoms with van der Waals surface area (Å²) in [6, 6.07) is 5.12. The fraction of sp³-hybridized carbons (Fsp3) is 0.455. The molecule has 2 N–H and O–H groups in total. The van der Waals surface area contributed by atoms with E-state index in [9.17, 15) is 13.2 Å². The second-order valence-corrected chi connectivity index (χ2v) is 3.80. The molecular formula is C11H15F3N2. The van der Waals surface area contributed by atoms with E-state index < -0.39 is 17.8 Å². The third kappa shape index (κ3) is 2.74. The molecule has 1 unspecified atom stereocenters. The Balaban J connectivity index is 3.22. The van der Waals surface area contributed by atoms with E-state index in [1.165, 1.54) is 12.1 Å². The molecule has 0 fully saturated rings. The predicted molar refractivity (Wildman–Crippen MR) is 56.9 cm³/mol. The van der Waals surface area contributed by atoms with Gasteiger partial charge in [-0.15, -0.1) is 0 Å². The van der Waals surface area contributed by atoms with Gasteiger partial charge in [0.2, 0.25) is 0 Å². The first-order chi connectivity index (χ1) is 7.38. The van der Waals surface area contributed by atoms with E-state index in [-0.39, 0.29) is 12.1 Å². The maximum atomic E-state index is 12.7. The summed E-state index contributed by atoms with van der Waals surface area (Å²) in [6.45, 7) is 0.153. The van der Waals surface area contributed by atoms with Gasteiger partial charge >= 0.3 is 6.18 Å². The van der Waals surface area contributed by atoms with Crippen molar-refractivity contribution in [1.82, 2.24) is 4.90 Å². The molecule has 0 aliphatic rings. The van der Waals surface area contributed by atoms with Gasteiger partial charge < -0.3 is 10.6 Å². The van der Waals surface area contributed by atoms with Crippen molar-refractivity contribution in [3.63, 3.8) is 0 Å². The van der Waals surface area contributed by atoms with Crippen molar-refractivity contribution in [3.05, 3.63) is 35.4 Å². The second kappa shape index (κ2) is 4.84. The fourth-order valence-corrected chi connectivity index (χ4v) is 1.66. The zero-order chi connectivity index (χ0) is 12.3. The Kier molecular flexibility index (Phi) is 3.93. The number of halogens is 3. The van der Waals surface area contributed by atoms with E-state index in [0.29, 0.717) is 0 Å². The molecule has 1 rings (SSSR count). The van der Waals surface area contributed by atoms with Crippen LogP contribution in [0.5, 0.6) is 0 Å². The van der Waals surface area contributed by atoms with Crippen LogP contribution in [0, 0.1) is 0 Å². The van der Waals surface area contributed by atoms with Crippen LogP contribution in [0.1, 0.15) is 17.2 Å². The molecule has 0 bridgehead atoms. The molecule has 1 aromatic carbocycles. The third-order valence-corrected chi connectivity index (χ3v) is 2.47. The van der Waals surface area contributed by atoms with E-state index in [4.69, 9.17) is 5.73 Å². The first-order valence-electron chi connectivity index (χ1n) is 4.90. The van der Waals surface area contributed by atoms with Crippen LogP contribution in [0.15, 0.2) is 24.3 Å². The molecule has 0 aliphatic carbocycles. The van der Waals surface area contributed by atoms with Crippen molar-refractivity contribution in [1.29, 1.82) is 0 Å². The Morgan fingerprint density at radius 3 is 2.25 bits per heavy atom. The Labute approximate surface area is 92.9 Å². The smallest absolute Gasteiger partial charge is 0.329 e. The quantitative estimate of drug-likeness (QED) is 0.866. The lowest BCUT2D eigenvalue weighted by molar-refractivity contribution is -0.138. The highest BCUT2D eigenvalue weighted by atomic mass is 19.4. The largest absolute Gasteiger partial charge is 0.416 e. The number of alkyl halides is 3. The SMILES string of the molecule is CN(C)C(CN)c1ccccc1C(F)(F)F. The van der Waals surface area contributed by atoms with Crippen LogP contribution in [0.4, 0.5) is 13.2 Å². The molecule has 0 saturated heterocycles. The maximum Gasteiger partial charge on any atom is 0.416 e. The van der Waals surface area contributed by atoms with E-state index in [1.807, 2.05) is 0 Å². The van der Waals surface area contributed by atoms with E-state index >= 15 is 0 Å². The number of rotatable bonds is 3. The highest BCUT2D eigenvalue weighted by Gasteiger charge is 2.34. The summed E-state index contributed by atoms with van der Waals surface area (Å²) in [6.07, 6.45) is -4.33. The zero-order valence-electron chi connectivity index (χ0n) is 9.25. The maximum absolute atomic E-state index is 12.7. The second-order valence-electron chi connectivity index (χ2n) is 3.80. The highest BCUT2D eigenvalue weighted by molar-refractivity contribution is 5.32. The first kappa shape index (κ1) is 13.0. The summed E-state index contributed by atoms with van der Waals surface area (Å²) in [5, 5.41) is 0. The van der Waals surface area contributed by atoms with Gasteiger partial charge in [-0.25, -0.2) is 0 Å². The summed E-state index contributed by atoms with van der Waals surface area (Å²) in [5.41, 5.74) is 5.12. The molecule has 0 saturated carbocycles. The van der Waals surface area contributed by atoms with Crippen LogP contribution < -0.4 is 5.73 Å². The van der Waals surface area contributed by atoms with Gasteiger partial charge in [-0.2, -0.15) is 13.2 Å². The van der Waals surface area contributed by atoms with Crippen LogP contribution >= 0.6 is 0 Å². The molecule has 1 aromatic rings. The Morgan fingerprint density at radius 2 is 1.81 bits per heavy atom. The molecular weight excluding hydrogens is 217 g/mol. The highest BCUT2D eigenvalue weighted by Crippen LogP contribution is 2.35. The van der Waals surface area contributed by atoms with Gasteiger partial charge in [-0.1, -0.05) is 18.2 Å². The molecule has 1 atom stereocenters. The molecule has 0 aromatic heterocycles. The van der Waals surface area contributed by atoms with Crippen molar-refractivity contribution in [2.45, 2.75) is 12.2 Å². The lowest BCUT2D eigenvalue weighted by Crippen LogP contribution is -2.29. The summed E-state index contributed by atoms with van der Waals surface area (Å²) < 4.78 is 38.2. The van der Waals surface area contributed by atoms with Crippen molar-refractivity contribution >= 4 is 0 Å². The number of benzene rings is 1. The first-order valence-corrected chi connectivity index (χ1v) is 4.90. The Hall–Kier alpha value is -1.07. The topological polar surface area (TPSA) is 29.3 Å². The lowest BCUT2D eigenvalue weighted by Gasteiger charge is -2.26. The zero-order valence-corrected chi connectivity index (χ0v) is 9.25. The average Bonchev–Trinajstić information content (AvgIpc) is 2.17. The van der Waals surface area contributed by atoms with Crippen LogP contribution in [-0.4, -0.2) is 25.5 Å². The minimum Gasteiger partial charge on any atom is -0.329 e. The Morgan fingerprint density at radius 1 is 1.25 bits per heavy atom. The Bertz CT molecular complexity index is 347.